The van der Waals surface area contributed by atoms with Crippen molar-refractivity contribution in [2.45, 2.75) is 44.9 Å². The predicted octanol–water partition coefficient (Wildman–Crippen LogP) is 3.46. The molecule has 0 aromatic heterocycles. The molecule has 2 rings (SSSR count). The largest absolute Gasteiger partial charge is 0.496 e. The molecule has 0 atom stereocenters. The molecule has 0 spiro atoms. The lowest BCUT2D eigenvalue weighted by atomic mass is 9.90. The fourth-order valence-corrected chi connectivity index (χ4v) is 2.56. The second-order valence-electron chi connectivity index (χ2n) is 5.68. The smallest absolute Gasteiger partial charge is 0.122 e. The van der Waals surface area contributed by atoms with Crippen LogP contribution in [0.2, 0.25) is 0 Å². The van der Waals surface area contributed by atoms with E-state index in [1.165, 1.54) is 24.0 Å². The number of hydrogen-bond donors (Lipinski definition) is 1. The van der Waals surface area contributed by atoms with Crippen molar-refractivity contribution in [2.75, 3.05) is 20.2 Å². The van der Waals surface area contributed by atoms with Gasteiger partial charge in [-0.15, -0.1) is 0 Å². The molecule has 0 unspecified atom stereocenters. The molecule has 2 nitrogen and oxygen atoms in total. The van der Waals surface area contributed by atoms with Gasteiger partial charge in [0.2, 0.25) is 0 Å². The SMILES string of the molecule is CCNCC1(c2cc(C(C)C)ccc2OC)CC1. The van der Waals surface area contributed by atoms with E-state index in [-0.39, 0.29) is 0 Å². The lowest BCUT2D eigenvalue weighted by Gasteiger charge is -2.21. The summed E-state index contributed by atoms with van der Waals surface area (Å²) in [6, 6.07) is 6.68. The molecule has 1 aliphatic rings. The first-order valence-corrected chi connectivity index (χ1v) is 7.02. The molecule has 1 fully saturated rings. The number of nitrogens with one attached hydrogen (secondary N) is 1. The molecule has 1 aromatic carbocycles. The van der Waals surface area contributed by atoms with Crippen LogP contribution in [0.4, 0.5) is 0 Å². The third-order valence-electron chi connectivity index (χ3n) is 4.03. The number of hydrogen-bond acceptors (Lipinski definition) is 2. The Morgan fingerprint density at radius 3 is 2.56 bits per heavy atom. The van der Waals surface area contributed by atoms with Crippen molar-refractivity contribution in [2.24, 2.45) is 0 Å². The third-order valence-corrected chi connectivity index (χ3v) is 4.03. The average Bonchev–Trinajstić information content (AvgIpc) is 3.16. The molecule has 100 valence electrons. The standard InChI is InChI=1S/C16H25NO/c1-5-17-11-16(8-9-16)14-10-13(12(2)3)6-7-15(14)18-4/h6-7,10,12,17H,5,8-9,11H2,1-4H3. The van der Waals surface area contributed by atoms with Crippen molar-refractivity contribution in [3.05, 3.63) is 29.3 Å². The van der Waals surface area contributed by atoms with E-state index in [4.69, 9.17) is 4.74 Å². The molecule has 18 heavy (non-hydrogen) atoms. The quantitative estimate of drug-likeness (QED) is 0.831. The Bertz CT molecular complexity index is 408. The fourth-order valence-electron chi connectivity index (χ4n) is 2.56. The van der Waals surface area contributed by atoms with E-state index in [0.29, 0.717) is 11.3 Å². The summed E-state index contributed by atoms with van der Waals surface area (Å²) in [6.07, 6.45) is 2.55. The molecular weight excluding hydrogens is 222 g/mol. The van der Waals surface area contributed by atoms with Gasteiger partial charge in [-0.05, 0) is 36.9 Å². The van der Waals surface area contributed by atoms with Crippen molar-refractivity contribution in [3.63, 3.8) is 0 Å². The van der Waals surface area contributed by atoms with Gasteiger partial charge in [0.05, 0.1) is 7.11 Å². The maximum absolute atomic E-state index is 5.56. The number of benzene rings is 1. The van der Waals surface area contributed by atoms with Crippen LogP contribution in [0, 0.1) is 0 Å². The van der Waals surface area contributed by atoms with Gasteiger partial charge in [0.25, 0.3) is 0 Å². The Morgan fingerprint density at radius 1 is 1.33 bits per heavy atom. The van der Waals surface area contributed by atoms with Gasteiger partial charge in [-0.2, -0.15) is 0 Å². The van der Waals surface area contributed by atoms with Gasteiger partial charge in [-0.3, -0.25) is 0 Å². The maximum Gasteiger partial charge on any atom is 0.122 e. The highest BCUT2D eigenvalue weighted by molar-refractivity contribution is 5.46. The highest BCUT2D eigenvalue weighted by atomic mass is 16.5. The Labute approximate surface area is 111 Å². The van der Waals surface area contributed by atoms with Crippen LogP contribution in [0.3, 0.4) is 0 Å². The predicted molar refractivity (Wildman–Crippen MR) is 76.5 cm³/mol. The average molecular weight is 247 g/mol. The molecule has 0 bridgehead atoms. The molecule has 0 heterocycles. The molecular formula is C16H25NO. The van der Waals surface area contributed by atoms with E-state index < -0.39 is 0 Å². The molecule has 0 amide bonds. The lowest BCUT2D eigenvalue weighted by Crippen LogP contribution is -2.27. The summed E-state index contributed by atoms with van der Waals surface area (Å²) >= 11 is 0. The molecule has 1 aliphatic carbocycles. The maximum atomic E-state index is 5.56. The van der Waals surface area contributed by atoms with Crippen LogP contribution in [-0.4, -0.2) is 20.2 Å². The summed E-state index contributed by atoms with van der Waals surface area (Å²) in [5.74, 6) is 1.62. The first-order chi connectivity index (χ1) is 8.63. The van der Waals surface area contributed by atoms with Crippen LogP contribution in [0.15, 0.2) is 18.2 Å². The number of likely N-dealkylation sites (N-methyl/N-ethyl adjacent to an activating group) is 1. The monoisotopic (exact) mass is 247 g/mol. The van der Waals surface area contributed by atoms with E-state index in [2.05, 4.69) is 44.3 Å². The minimum absolute atomic E-state index is 0.326. The highest BCUT2D eigenvalue weighted by Gasteiger charge is 2.45. The normalized spacial score (nSPS) is 16.9. The van der Waals surface area contributed by atoms with E-state index in [0.717, 1.165) is 18.8 Å². The first kappa shape index (κ1) is 13.4. The van der Waals surface area contributed by atoms with E-state index in [9.17, 15) is 0 Å². The zero-order chi connectivity index (χ0) is 13.2. The second kappa shape index (κ2) is 5.31. The summed E-state index contributed by atoms with van der Waals surface area (Å²) in [4.78, 5) is 0. The molecule has 0 saturated heterocycles. The first-order valence-electron chi connectivity index (χ1n) is 7.02. The van der Waals surface area contributed by atoms with Gasteiger partial charge < -0.3 is 10.1 Å². The topological polar surface area (TPSA) is 21.3 Å². The Morgan fingerprint density at radius 2 is 2.06 bits per heavy atom. The molecule has 1 N–H and O–H groups in total. The van der Waals surface area contributed by atoms with Crippen molar-refractivity contribution < 1.29 is 4.74 Å². The Balaban J connectivity index is 2.32. The summed E-state index contributed by atoms with van der Waals surface area (Å²) in [6.45, 7) is 8.76. The van der Waals surface area contributed by atoms with Crippen LogP contribution in [0.5, 0.6) is 5.75 Å². The van der Waals surface area contributed by atoms with Crippen molar-refractivity contribution >= 4 is 0 Å². The number of rotatable bonds is 6. The van der Waals surface area contributed by atoms with Gasteiger partial charge in [-0.1, -0.05) is 32.9 Å². The minimum Gasteiger partial charge on any atom is -0.496 e. The Kier molecular flexibility index (Phi) is 3.96. The van der Waals surface area contributed by atoms with Crippen molar-refractivity contribution in [1.29, 1.82) is 0 Å². The number of ether oxygens (including phenoxy) is 1. The van der Waals surface area contributed by atoms with Gasteiger partial charge in [0, 0.05) is 17.5 Å². The van der Waals surface area contributed by atoms with Gasteiger partial charge in [0.1, 0.15) is 5.75 Å². The zero-order valence-corrected chi connectivity index (χ0v) is 12.0. The summed E-state index contributed by atoms with van der Waals surface area (Å²) < 4.78 is 5.56. The molecule has 1 saturated carbocycles. The van der Waals surface area contributed by atoms with E-state index in [1.54, 1.807) is 7.11 Å². The van der Waals surface area contributed by atoms with Crippen LogP contribution in [-0.2, 0) is 5.41 Å². The van der Waals surface area contributed by atoms with Crippen LogP contribution in [0.25, 0.3) is 0 Å². The third kappa shape index (κ3) is 2.54. The molecule has 0 radical (unpaired) electrons. The van der Waals surface area contributed by atoms with Crippen LogP contribution >= 0.6 is 0 Å². The summed E-state index contributed by atoms with van der Waals surface area (Å²) in [5, 5.41) is 3.49. The minimum atomic E-state index is 0.326. The van der Waals surface area contributed by atoms with Crippen molar-refractivity contribution in [3.8, 4) is 5.75 Å². The molecule has 2 heteroatoms. The lowest BCUT2D eigenvalue weighted by molar-refractivity contribution is 0.401. The fraction of sp³-hybridized carbons (Fsp3) is 0.625. The van der Waals surface area contributed by atoms with E-state index >= 15 is 0 Å². The highest BCUT2D eigenvalue weighted by Crippen LogP contribution is 2.51. The summed E-state index contributed by atoms with van der Waals surface area (Å²) in [7, 11) is 1.78. The second-order valence-corrected chi connectivity index (χ2v) is 5.68. The zero-order valence-electron chi connectivity index (χ0n) is 12.0. The van der Waals surface area contributed by atoms with E-state index in [1.807, 2.05) is 0 Å². The summed E-state index contributed by atoms with van der Waals surface area (Å²) in [5.41, 5.74) is 3.14. The van der Waals surface area contributed by atoms with Gasteiger partial charge in [0.15, 0.2) is 0 Å². The van der Waals surface area contributed by atoms with Crippen molar-refractivity contribution in [1.82, 2.24) is 5.32 Å². The number of methoxy groups -OCH3 is 1. The molecule has 0 aliphatic heterocycles. The van der Waals surface area contributed by atoms with Gasteiger partial charge >= 0.3 is 0 Å². The molecule has 1 aromatic rings. The Hall–Kier alpha value is -1.02. The van der Waals surface area contributed by atoms with Crippen LogP contribution in [0.1, 0.15) is 50.7 Å². The van der Waals surface area contributed by atoms with Crippen LogP contribution < -0.4 is 10.1 Å². The van der Waals surface area contributed by atoms with Gasteiger partial charge in [-0.25, -0.2) is 0 Å².